The lowest BCUT2D eigenvalue weighted by Crippen LogP contribution is -2.47. The molecule has 1 atom stereocenters. The van der Waals surface area contributed by atoms with Crippen LogP contribution in [-0.2, 0) is 11.2 Å². The molecule has 0 unspecified atom stereocenters. The first kappa shape index (κ1) is 25.2. The number of carbonyl (C=O) groups excluding carboxylic acids is 2. The van der Waals surface area contributed by atoms with Crippen molar-refractivity contribution in [3.05, 3.63) is 108 Å². The van der Waals surface area contributed by atoms with Crippen molar-refractivity contribution in [2.45, 2.75) is 64.0 Å². The topological polar surface area (TPSA) is 58.7 Å². The summed E-state index contributed by atoms with van der Waals surface area (Å²) in [5, 5.41) is 0. The number of hydrogen-bond donors (Lipinski definition) is 0. The van der Waals surface area contributed by atoms with E-state index in [4.69, 9.17) is 4.42 Å². The Kier molecular flexibility index (Phi) is 7.10. The van der Waals surface area contributed by atoms with Gasteiger partial charge in [0.15, 0.2) is 0 Å². The van der Waals surface area contributed by atoms with Crippen LogP contribution in [0.4, 0.5) is 5.69 Å². The zero-order valence-electron chi connectivity index (χ0n) is 22.5. The number of furan rings is 1. The van der Waals surface area contributed by atoms with Crippen molar-refractivity contribution >= 4 is 17.5 Å². The Morgan fingerprint density at radius 2 is 1.69 bits per heavy atom. The van der Waals surface area contributed by atoms with Crippen LogP contribution in [0.1, 0.15) is 78.9 Å². The van der Waals surface area contributed by atoms with Gasteiger partial charge in [0, 0.05) is 17.8 Å². The molecule has 39 heavy (non-hydrogen) atoms. The van der Waals surface area contributed by atoms with Gasteiger partial charge in [0.05, 0.1) is 23.3 Å². The average molecular weight is 522 g/mol. The molecule has 1 fully saturated rings. The number of benzene rings is 2. The van der Waals surface area contributed by atoms with Gasteiger partial charge in [-0.25, -0.2) is 0 Å². The second-order valence-corrected chi connectivity index (χ2v) is 10.6. The molecule has 6 rings (SSSR count). The molecule has 0 bridgehead atoms. The summed E-state index contributed by atoms with van der Waals surface area (Å²) < 4.78 is 7.95. The number of rotatable bonds is 10. The molecule has 3 heterocycles. The fourth-order valence-corrected chi connectivity index (χ4v) is 5.69. The highest BCUT2D eigenvalue weighted by Crippen LogP contribution is 2.42. The molecule has 0 radical (unpaired) electrons. The lowest BCUT2D eigenvalue weighted by molar-refractivity contribution is -0.120. The predicted molar refractivity (Wildman–Crippen MR) is 152 cm³/mol. The summed E-state index contributed by atoms with van der Waals surface area (Å²) in [4.78, 5) is 31.5. The predicted octanol–water partition coefficient (Wildman–Crippen LogP) is 6.93. The highest BCUT2D eigenvalue weighted by atomic mass is 16.3. The standard InChI is InChI=1S/C33H35N3O3/c1-2-3-4-5-10-24-15-17-25(18-16-24)33(38)35(26-19-20-26)23-31(37)36-28-12-7-6-11-27(28)34-21-8-13-29(34)32(36)30-14-9-22-39-30/h6-9,11-18,21-22,26,32H,2-5,10,19-20,23H2,1H3/t32-/m1/s1. The van der Waals surface area contributed by atoms with Crippen molar-refractivity contribution in [1.29, 1.82) is 0 Å². The van der Waals surface area contributed by atoms with Gasteiger partial charge in [-0.05, 0) is 79.8 Å². The number of para-hydroxylation sites is 2. The molecule has 0 saturated heterocycles. The summed E-state index contributed by atoms with van der Waals surface area (Å²) in [5.41, 5.74) is 4.60. The Hall–Kier alpha value is -4.06. The summed E-state index contributed by atoms with van der Waals surface area (Å²) in [6, 6.07) is 23.3. The van der Waals surface area contributed by atoms with Crippen LogP contribution in [0.25, 0.3) is 5.69 Å². The third-order valence-corrected chi connectivity index (χ3v) is 7.87. The maximum absolute atomic E-state index is 14.2. The Morgan fingerprint density at radius 3 is 2.41 bits per heavy atom. The molecule has 2 aromatic heterocycles. The summed E-state index contributed by atoms with van der Waals surface area (Å²) in [6.07, 6.45) is 11.4. The van der Waals surface area contributed by atoms with E-state index in [1.807, 2.05) is 71.8 Å². The second kappa shape index (κ2) is 11.0. The van der Waals surface area contributed by atoms with E-state index in [9.17, 15) is 9.59 Å². The monoisotopic (exact) mass is 521 g/mol. The molecule has 2 amide bonds. The van der Waals surface area contributed by atoms with Crippen LogP contribution < -0.4 is 4.90 Å². The molecule has 4 aromatic rings. The van der Waals surface area contributed by atoms with Crippen molar-refractivity contribution in [3.8, 4) is 5.69 Å². The number of unbranched alkanes of at least 4 members (excludes halogenated alkanes) is 3. The molecule has 1 saturated carbocycles. The quantitative estimate of drug-likeness (QED) is 0.213. The number of fused-ring (bicyclic) bond motifs is 3. The zero-order chi connectivity index (χ0) is 26.8. The average Bonchev–Trinajstić information content (AvgIpc) is 3.43. The SMILES string of the molecule is CCCCCCc1ccc(C(=O)N(CC(=O)N2c3ccccc3-n3cccc3[C@@H]2c2ccco2)C2CC2)cc1. The van der Waals surface area contributed by atoms with Crippen molar-refractivity contribution in [2.24, 2.45) is 0 Å². The van der Waals surface area contributed by atoms with Crippen LogP contribution in [0.15, 0.2) is 89.7 Å². The number of amides is 2. The Labute approximate surface area is 229 Å². The van der Waals surface area contributed by atoms with Crippen LogP contribution in [0, 0.1) is 0 Å². The molecule has 1 aliphatic heterocycles. The number of aromatic nitrogens is 1. The smallest absolute Gasteiger partial charge is 0.254 e. The highest BCUT2D eigenvalue weighted by molar-refractivity contribution is 6.02. The van der Waals surface area contributed by atoms with E-state index in [0.29, 0.717) is 11.3 Å². The van der Waals surface area contributed by atoms with Gasteiger partial charge in [-0.1, -0.05) is 50.5 Å². The Morgan fingerprint density at radius 1 is 0.897 bits per heavy atom. The third-order valence-electron chi connectivity index (χ3n) is 7.87. The van der Waals surface area contributed by atoms with E-state index in [2.05, 4.69) is 23.6 Å². The van der Waals surface area contributed by atoms with Gasteiger partial charge in [0.25, 0.3) is 5.91 Å². The molecule has 6 nitrogen and oxygen atoms in total. The number of hydrogen-bond acceptors (Lipinski definition) is 3. The molecule has 2 aliphatic rings. The first-order chi connectivity index (χ1) is 19.2. The van der Waals surface area contributed by atoms with Crippen molar-refractivity contribution in [2.75, 3.05) is 11.4 Å². The van der Waals surface area contributed by atoms with E-state index in [0.717, 1.165) is 36.3 Å². The maximum Gasteiger partial charge on any atom is 0.254 e. The Balaban J connectivity index is 1.26. The summed E-state index contributed by atoms with van der Waals surface area (Å²) >= 11 is 0. The van der Waals surface area contributed by atoms with Crippen LogP contribution in [0.2, 0.25) is 0 Å². The second-order valence-electron chi connectivity index (χ2n) is 10.6. The number of aryl methyl sites for hydroxylation is 1. The molecule has 0 spiro atoms. The number of anilines is 1. The normalized spacial score (nSPS) is 16.0. The lowest BCUT2D eigenvalue weighted by atomic mass is 10.0. The minimum absolute atomic E-state index is 0.0223. The molecule has 1 aliphatic carbocycles. The van der Waals surface area contributed by atoms with Crippen LogP contribution in [-0.4, -0.2) is 33.9 Å². The molecular weight excluding hydrogens is 486 g/mol. The highest BCUT2D eigenvalue weighted by Gasteiger charge is 2.41. The Bertz CT molecular complexity index is 1430. The van der Waals surface area contributed by atoms with Crippen LogP contribution >= 0.6 is 0 Å². The van der Waals surface area contributed by atoms with Gasteiger partial charge in [-0.2, -0.15) is 0 Å². The summed E-state index contributed by atoms with van der Waals surface area (Å²) in [6.45, 7) is 2.24. The van der Waals surface area contributed by atoms with E-state index < -0.39 is 6.04 Å². The first-order valence-corrected chi connectivity index (χ1v) is 14.2. The fourth-order valence-electron chi connectivity index (χ4n) is 5.69. The van der Waals surface area contributed by atoms with Crippen molar-refractivity contribution in [3.63, 3.8) is 0 Å². The lowest BCUT2D eigenvalue weighted by Gasteiger charge is -2.38. The summed E-state index contributed by atoms with van der Waals surface area (Å²) in [7, 11) is 0. The van der Waals surface area contributed by atoms with Gasteiger partial charge >= 0.3 is 0 Å². The molecule has 2 aromatic carbocycles. The van der Waals surface area contributed by atoms with Gasteiger partial charge in [-0.15, -0.1) is 0 Å². The van der Waals surface area contributed by atoms with Crippen molar-refractivity contribution in [1.82, 2.24) is 9.47 Å². The third kappa shape index (κ3) is 5.03. The van der Waals surface area contributed by atoms with Gasteiger partial charge in [0.2, 0.25) is 5.91 Å². The minimum atomic E-state index is -0.416. The number of nitrogens with zero attached hydrogens (tertiary/aromatic N) is 3. The minimum Gasteiger partial charge on any atom is -0.467 e. The molecule has 200 valence electrons. The molecular formula is C33H35N3O3. The van der Waals surface area contributed by atoms with Crippen LogP contribution in [0.5, 0.6) is 0 Å². The maximum atomic E-state index is 14.2. The van der Waals surface area contributed by atoms with Gasteiger partial charge in [0.1, 0.15) is 18.3 Å². The molecule has 0 N–H and O–H groups in total. The van der Waals surface area contributed by atoms with Gasteiger partial charge in [-0.3, -0.25) is 14.5 Å². The van der Waals surface area contributed by atoms with Gasteiger partial charge < -0.3 is 13.9 Å². The van der Waals surface area contributed by atoms with E-state index in [1.54, 1.807) is 11.2 Å². The van der Waals surface area contributed by atoms with Crippen molar-refractivity contribution < 1.29 is 14.0 Å². The van der Waals surface area contributed by atoms with E-state index in [1.165, 1.54) is 31.2 Å². The van der Waals surface area contributed by atoms with E-state index in [-0.39, 0.29) is 24.4 Å². The summed E-state index contributed by atoms with van der Waals surface area (Å²) in [5.74, 6) is 0.493. The fraction of sp³-hybridized carbons (Fsp3) is 0.333. The first-order valence-electron chi connectivity index (χ1n) is 14.2. The van der Waals surface area contributed by atoms with Crippen LogP contribution in [0.3, 0.4) is 0 Å². The number of carbonyl (C=O) groups is 2. The van der Waals surface area contributed by atoms with E-state index >= 15 is 0 Å². The zero-order valence-corrected chi connectivity index (χ0v) is 22.5. The molecule has 6 heteroatoms. The largest absolute Gasteiger partial charge is 0.467 e.